The van der Waals surface area contributed by atoms with Gasteiger partial charge < -0.3 is 15.2 Å². The van der Waals surface area contributed by atoms with E-state index in [1.54, 1.807) is 13.8 Å². The minimum absolute atomic E-state index is 0.0313. The summed E-state index contributed by atoms with van der Waals surface area (Å²) in [5.74, 6) is -0.543. The number of nitrogens with one attached hydrogen (secondary N) is 1. The van der Waals surface area contributed by atoms with Gasteiger partial charge in [0.15, 0.2) is 5.78 Å². The number of esters is 1. The lowest BCUT2D eigenvalue weighted by Crippen LogP contribution is -2.42. The number of carbonyl (C=O) groups excluding carboxylic acids is 2. The van der Waals surface area contributed by atoms with Gasteiger partial charge in [0.25, 0.3) is 0 Å². The molecule has 0 radical (unpaired) electrons. The van der Waals surface area contributed by atoms with Crippen molar-refractivity contribution in [1.82, 2.24) is 5.32 Å². The van der Waals surface area contributed by atoms with Gasteiger partial charge in [0.05, 0.1) is 25.2 Å². The molecule has 1 aromatic carbocycles. The van der Waals surface area contributed by atoms with Crippen LogP contribution in [0, 0.1) is 0 Å². The molecule has 23 heavy (non-hydrogen) atoms. The third-order valence-electron chi connectivity index (χ3n) is 4.04. The van der Waals surface area contributed by atoms with E-state index in [4.69, 9.17) is 4.74 Å². The minimum Gasteiger partial charge on any atom is -0.466 e. The monoisotopic (exact) mass is 319 g/mol. The zero-order chi connectivity index (χ0) is 16.8. The highest BCUT2D eigenvalue weighted by molar-refractivity contribution is 6.02. The van der Waals surface area contributed by atoms with Crippen molar-refractivity contribution in [3.8, 4) is 0 Å². The maximum absolute atomic E-state index is 12.7. The lowest BCUT2D eigenvalue weighted by Gasteiger charge is -2.18. The molecular formula is C18H25NO4. The zero-order valence-corrected chi connectivity index (χ0v) is 13.8. The van der Waals surface area contributed by atoms with Crippen LogP contribution < -0.4 is 5.32 Å². The molecule has 0 saturated carbocycles. The predicted octanol–water partition coefficient (Wildman–Crippen LogP) is 1.65. The zero-order valence-electron chi connectivity index (χ0n) is 13.8. The molecule has 2 N–H and O–H groups in total. The first-order valence-electron chi connectivity index (χ1n) is 8.24. The summed E-state index contributed by atoms with van der Waals surface area (Å²) in [6.45, 7) is 3.91. The molecule has 5 heteroatoms. The van der Waals surface area contributed by atoms with E-state index in [1.807, 2.05) is 18.2 Å². The summed E-state index contributed by atoms with van der Waals surface area (Å²) in [5, 5.41) is 12.4. The molecule has 0 bridgehead atoms. The standard InChI is InChI=1S/C18H25NO4/c1-3-23-17(21)10-16(19-11-12(2)20)18(22)15-8-7-13-5-4-6-14(13)9-15/h7-9,12,16,19-20H,3-6,10-11H2,1-2H3. The molecule has 5 nitrogen and oxygen atoms in total. The minimum atomic E-state index is -0.678. The van der Waals surface area contributed by atoms with Gasteiger partial charge in [0.2, 0.25) is 0 Å². The van der Waals surface area contributed by atoms with Crippen LogP contribution in [-0.4, -0.2) is 42.2 Å². The van der Waals surface area contributed by atoms with E-state index >= 15 is 0 Å². The highest BCUT2D eigenvalue weighted by Gasteiger charge is 2.25. The Morgan fingerprint density at radius 3 is 2.74 bits per heavy atom. The van der Waals surface area contributed by atoms with Gasteiger partial charge in [-0.25, -0.2) is 0 Å². The SMILES string of the molecule is CCOC(=O)CC(NCC(C)O)C(=O)c1ccc2c(c1)CCC2. The summed E-state index contributed by atoms with van der Waals surface area (Å²) in [6.07, 6.45) is 2.57. The third-order valence-corrected chi connectivity index (χ3v) is 4.04. The molecule has 1 aromatic rings. The van der Waals surface area contributed by atoms with Crippen LogP contribution in [-0.2, 0) is 22.4 Å². The number of rotatable bonds is 8. The van der Waals surface area contributed by atoms with Gasteiger partial charge in [-0.1, -0.05) is 12.1 Å². The summed E-state index contributed by atoms with van der Waals surface area (Å²) in [7, 11) is 0. The number of aliphatic hydroxyl groups is 1. The highest BCUT2D eigenvalue weighted by Crippen LogP contribution is 2.23. The Morgan fingerprint density at radius 2 is 2.04 bits per heavy atom. The summed E-state index contributed by atoms with van der Waals surface area (Å²) < 4.78 is 4.95. The molecule has 0 heterocycles. The number of aryl methyl sites for hydroxylation is 2. The number of Topliss-reactive ketones (excluding diaryl/α,β-unsaturated/α-hetero) is 1. The molecule has 0 fully saturated rings. The molecule has 0 spiro atoms. The molecule has 0 amide bonds. The van der Waals surface area contributed by atoms with Crippen LogP contribution in [0.2, 0.25) is 0 Å². The average Bonchev–Trinajstić information content (AvgIpc) is 2.98. The molecule has 2 unspecified atom stereocenters. The number of benzene rings is 1. The van der Waals surface area contributed by atoms with Gasteiger partial charge in [-0.3, -0.25) is 9.59 Å². The van der Waals surface area contributed by atoms with Crippen LogP contribution >= 0.6 is 0 Å². The number of fused-ring (bicyclic) bond motifs is 1. The van der Waals surface area contributed by atoms with Crippen molar-refractivity contribution in [2.75, 3.05) is 13.2 Å². The molecule has 0 aromatic heterocycles. The summed E-state index contributed by atoms with van der Waals surface area (Å²) in [6, 6.07) is 5.09. The third kappa shape index (κ3) is 4.88. The number of ketones is 1. The number of carbonyl (C=O) groups is 2. The lowest BCUT2D eigenvalue weighted by molar-refractivity contribution is -0.143. The van der Waals surface area contributed by atoms with Gasteiger partial charge in [0.1, 0.15) is 0 Å². The maximum atomic E-state index is 12.7. The van der Waals surface area contributed by atoms with Gasteiger partial charge >= 0.3 is 5.97 Å². The Hall–Kier alpha value is -1.72. The van der Waals surface area contributed by atoms with E-state index in [9.17, 15) is 14.7 Å². The summed E-state index contributed by atoms with van der Waals surface area (Å²) >= 11 is 0. The Labute approximate surface area is 137 Å². The summed E-state index contributed by atoms with van der Waals surface area (Å²) in [4.78, 5) is 24.5. The molecule has 2 rings (SSSR count). The molecular weight excluding hydrogens is 294 g/mol. The fourth-order valence-electron chi connectivity index (χ4n) is 2.88. The number of hydrogen-bond acceptors (Lipinski definition) is 5. The number of hydrogen-bond donors (Lipinski definition) is 2. The van der Waals surface area contributed by atoms with E-state index in [2.05, 4.69) is 5.32 Å². The first kappa shape index (κ1) is 17.6. The Balaban J connectivity index is 2.12. The van der Waals surface area contributed by atoms with Crippen LogP contribution in [0.3, 0.4) is 0 Å². The molecule has 1 aliphatic rings. The second kappa shape index (κ2) is 8.22. The van der Waals surface area contributed by atoms with E-state index in [0.717, 1.165) is 19.3 Å². The van der Waals surface area contributed by atoms with Crippen molar-refractivity contribution in [3.05, 3.63) is 34.9 Å². The molecule has 0 saturated heterocycles. The van der Waals surface area contributed by atoms with Crippen molar-refractivity contribution in [2.45, 2.75) is 51.7 Å². The van der Waals surface area contributed by atoms with Gasteiger partial charge in [-0.15, -0.1) is 0 Å². The largest absolute Gasteiger partial charge is 0.466 e. The van der Waals surface area contributed by atoms with E-state index in [0.29, 0.717) is 5.56 Å². The van der Waals surface area contributed by atoms with Gasteiger partial charge in [-0.2, -0.15) is 0 Å². The van der Waals surface area contributed by atoms with E-state index in [-0.39, 0.29) is 25.4 Å². The number of ether oxygens (including phenoxy) is 1. The van der Waals surface area contributed by atoms with Crippen LogP contribution in [0.5, 0.6) is 0 Å². The first-order chi connectivity index (χ1) is 11.0. The highest BCUT2D eigenvalue weighted by atomic mass is 16.5. The van der Waals surface area contributed by atoms with Gasteiger partial charge in [-0.05, 0) is 50.3 Å². The van der Waals surface area contributed by atoms with E-state index in [1.165, 1.54) is 11.1 Å². The molecule has 126 valence electrons. The van der Waals surface area contributed by atoms with Crippen molar-refractivity contribution >= 4 is 11.8 Å². The first-order valence-corrected chi connectivity index (χ1v) is 8.24. The van der Waals surface area contributed by atoms with Gasteiger partial charge in [0, 0.05) is 12.1 Å². The van der Waals surface area contributed by atoms with Crippen LogP contribution in [0.15, 0.2) is 18.2 Å². The van der Waals surface area contributed by atoms with E-state index < -0.39 is 18.1 Å². The molecule has 0 aliphatic heterocycles. The second-order valence-electron chi connectivity index (χ2n) is 6.02. The van der Waals surface area contributed by atoms with Crippen LogP contribution in [0.25, 0.3) is 0 Å². The fourth-order valence-corrected chi connectivity index (χ4v) is 2.88. The topological polar surface area (TPSA) is 75.6 Å². The maximum Gasteiger partial charge on any atom is 0.307 e. The van der Waals surface area contributed by atoms with Crippen molar-refractivity contribution in [1.29, 1.82) is 0 Å². The Kier molecular flexibility index (Phi) is 6.30. The Morgan fingerprint density at radius 1 is 1.30 bits per heavy atom. The second-order valence-corrected chi connectivity index (χ2v) is 6.02. The van der Waals surface area contributed by atoms with Crippen molar-refractivity contribution < 1.29 is 19.4 Å². The predicted molar refractivity (Wildman–Crippen MR) is 87.5 cm³/mol. The quantitative estimate of drug-likeness (QED) is 0.563. The van der Waals surface area contributed by atoms with Crippen molar-refractivity contribution in [3.63, 3.8) is 0 Å². The number of aliphatic hydroxyl groups excluding tert-OH is 1. The molecule has 2 atom stereocenters. The normalized spacial score (nSPS) is 15.8. The summed E-state index contributed by atoms with van der Waals surface area (Å²) in [5.41, 5.74) is 3.14. The lowest BCUT2D eigenvalue weighted by atomic mass is 9.98. The smallest absolute Gasteiger partial charge is 0.307 e. The fraction of sp³-hybridized carbons (Fsp3) is 0.556. The molecule has 1 aliphatic carbocycles. The van der Waals surface area contributed by atoms with Crippen molar-refractivity contribution in [2.24, 2.45) is 0 Å². The average molecular weight is 319 g/mol. The van der Waals surface area contributed by atoms with Crippen LogP contribution in [0.4, 0.5) is 0 Å². The Bertz CT molecular complexity index is 568. The van der Waals surface area contributed by atoms with Crippen LogP contribution in [0.1, 0.15) is 48.2 Å².